The molecule has 0 saturated heterocycles. The Labute approximate surface area is 124 Å². The van der Waals surface area contributed by atoms with E-state index in [1.165, 1.54) is 35.5 Å². The summed E-state index contributed by atoms with van der Waals surface area (Å²) in [6, 6.07) is 0. The van der Waals surface area contributed by atoms with Crippen molar-refractivity contribution in [2.75, 3.05) is 0 Å². The van der Waals surface area contributed by atoms with E-state index in [0.29, 0.717) is 0 Å². The van der Waals surface area contributed by atoms with E-state index in [0.717, 1.165) is 0 Å². The van der Waals surface area contributed by atoms with Crippen molar-refractivity contribution in [2.24, 2.45) is 0 Å². The van der Waals surface area contributed by atoms with Gasteiger partial charge in [0.05, 0.1) is 0 Å². The Hall–Kier alpha value is 1.16. The summed E-state index contributed by atoms with van der Waals surface area (Å²) in [6.45, 7) is 14.5. The van der Waals surface area contributed by atoms with E-state index in [-0.39, 0.29) is 0 Å². The molecule has 0 saturated carbocycles. The Bertz CT molecular complexity index is 222. The Morgan fingerprint density at radius 3 is 0.889 bits per heavy atom. The molecule has 2 heteroatoms. The first-order chi connectivity index (χ1) is 8.57. The van der Waals surface area contributed by atoms with Crippen LogP contribution < -0.4 is 0 Å². The maximum atomic E-state index is 3.63. The summed E-state index contributed by atoms with van der Waals surface area (Å²) in [4.78, 5) is 0. The second-order valence-electron chi connectivity index (χ2n) is 5.83. The van der Waals surface area contributed by atoms with E-state index in [4.69, 9.17) is 0 Å². The van der Waals surface area contributed by atoms with Crippen LogP contribution in [0.1, 0.15) is 41.5 Å². The molecule has 0 nitrogen and oxygen atoms in total. The van der Waals surface area contributed by atoms with Crippen molar-refractivity contribution in [1.29, 1.82) is 0 Å². The van der Waals surface area contributed by atoms with E-state index in [1.807, 2.05) is 0 Å². The molecule has 0 aromatic rings. The molecular formula is C16H34Sn2. The topological polar surface area (TPSA) is 0 Å². The molecule has 0 aromatic heterocycles. The molecule has 18 heavy (non-hydrogen) atoms. The van der Waals surface area contributed by atoms with E-state index in [2.05, 4.69) is 53.4 Å². The Balaban J connectivity index is 4.51. The standard InChI is InChI=1S/C4H4.6C2H5.2Sn/c1-3-4-2;6*1-2;;/h1-2H2;6*1H2,2H3;;. The molecule has 0 amide bonds. The van der Waals surface area contributed by atoms with Crippen molar-refractivity contribution in [3.05, 3.63) is 0 Å². The molecule has 0 aliphatic rings. The average Bonchev–Trinajstić information content (AvgIpc) is 2.45. The van der Waals surface area contributed by atoms with Gasteiger partial charge in [0.25, 0.3) is 0 Å². The predicted molar refractivity (Wildman–Crippen MR) is 91.8 cm³/mol. The third kappa shape index (κ3) is 5.65. The minimum absolute atomic E-state index is 1.33. The summed E-state index contributed by atoms with van der Waals surface area (Å²) in [6.07, 6.45) is 0. The number of hydrogen-bond donors (Lipinski definition) is 0. The third-order valence-electron chi connectivity index (χ3n) is 5.55. The molecule has 0 aliphatic heterocycles. The summed E-state index contributed by atoms with van der Waals surface area (Å²) in [5.41, 5.74) is 0. The molecule has 0 spiro atoms. The summed E-state index contributed by atoms with van der Waals surface area (Å²) in [7, 11) is 0. The van der Waals surface area contributed by atoms with Gasteiger partial charge in [-0.3, -0.25) is 0 Å². The van der Waals surface area contributed by atoms with Crippen molar-refractivity contribution in [3.63, 3.8) is 0 Å². The first-order valence-corrected chi connectivity index (χ1v) is 24.2. The first-order valence-electron chi connectivity index (χ1n) is 8.03. The molecule has 0 radical (unpaired) electrons. The Kier molecular flexibility index (Phi) is 10.6. The van der Waals surface area contributed by atoms with Gasteiger partial charge in [-0.05, 0) is 0 Å². The van der Waals surface area contributed by atoms with Crippen LogP contribution in [-0.2, 0) is 0 Å². The van der Waals surface area contributed by atoms with Gasteiger partial charge in [0.15, 0.2) is 0 Å². The molecule has 106 valence electrons. The molecule has 0 heterocycles. The van der Waals surface area contributed by atoms with Crippen molar-refractivity contribution < 1.29 is 0 Å². The number of hydrogen-bond acceptors (Lipinski definition) is 0. The van der Waals surface area contributed by atoms with Crippen LogP contribution in [0.2, 0.25) is 35.5 Å². The monoisotopic (exact) mass is 466 g/mol. The predicted octanol–water partition coefficient (Wildman–Crippen LogP) is 6.01. The molecule has 0 bridgehead atoms. The SMILES string of the molecule is C[CH2][Sn]([CH2]C)([CH2]C)[CH2]C#C[CH2][Sn]([CH2]C)([CH2]C)[CH2]C. The normalized spacial score (nSPS) is 12.1. The third-order valence-corrected chi connectivity index (χ3v) is 36.5. The fourth-order valence-corrected chi connectivity index (χ4v) is 18.4. The Morgan fingerprint density at radius 2 is 0.722 bits per heavy atom. The van der Waals surface area contributed by atoms with Crippen LogP contribution in [0.15, 0.2) is 0 Å². The molecule has 0 rings (SSSR count). The Morgan fingerprint density at radius 1 is 0.500 bits per heavy atom. The van der Waals surface area contributed by atoms with Crippen molar-refractivity contribution in [3.8, 4) is 11.8 Å². The molecule has 0 atom stereocenters. The fraction of sp³-hybridized carbons (Fsp3) is 0.875. The molecule has 0 N–H and O–H groups in total. The van der Waals surface area contributed by atoms with Crippen LogP contribution in [-0.4, -0.2) is 36.8 Å². The van der Waals surface area contributed by atoms with Crippen LogP contribution in [0.5, 0.6) is 0 Å². The summed E-state index contributed by atoms with van der Waals surface area (Å²) in [5.74, 6) is 7.27. The zero-order valence-corrected chi connectivity index (χ0v) is 19.4. The van der Waals surface area contributed by atoms with E-state index >= 15 is 0 Å². The first kappa shape index (κ1) is 19.2. The van der Waals surface area contributed by atoms with Gasteiger partial charge in [0.2, 0.25) is 0 Å². The van der Waals surface area contributed by atoms with Gasteiger partial charge in [-0.1, -0.05) is 0 Å². The minimum atomic E-state index is -1.76. The van der Waals surface area contributed by atoms with Crippen molar-refractivity contribution >= 4 is 36.8 Å². The summed E-state index contributed by atoms with van der Waals surface area (Å²) in [5, 5.41) is 0. The quantitative estimate of drug-likeness (QED) is 0.305. The summed E-state index contributed by atoms with van der Waals surface area (Å²) < 4.78 is 11.6. The van der Waals surface area contributed by atoms with Gasteiger partial charge in [0.1, 0.15) is 0 Å². The zero-order chi connectivity index (χ0) is 14.1. The van der Waals surface area contributed by atoms with Crippen molar-refractivity contribution in [1.82, 2.24) is 0 Å². The van der Waals surface area contributed by atoms with E-state index in [9.17, 15) is 0 Å². The summed E-state index contributed by atoms with van der Waals surface area (Å²) >= 11 is -3.52. The molecule has 0 fully saturated rings. The van der Waals surface area contributed by atoms with Crippen LogP contribution in [0.4, 0.5) is 0 Å². The molecular weight excluding hydrogens is 430 g/mol. The van der Waals surface area contributed by atoms with Gasteiger partial charge in [-0.15, -0.1) is 0 Å². The number of rotatable bonds is 8. The second kappa shape index (κ2) is 9.97. The van der Waals surface area contributed by atoms with Crippen LogP contribution >= 0.6 is 0 Å². The van der Waals surface area contributed by atoms with Crippen LogP contribution in [0.3, 0.4) is 0 Å². The van der Waals surface area contributed by atoms with Crippen LogP contribution in [0.25, 0.3) is 0 Å². The van der Waals surface area contributed by atoms with E-state index in [1.54, 1.807) is 0 Å². The van der Waals surface area contributed by atoms with Gasteiger partial charge in [0, 0.05) is 0 Å². The van der Waals surface area contributed by atoms with Crippen molar-refractivity contribution in [2.45, 2.75) is 77.0 Å². The maximum absolute atomic E-state index is 3.63. The second-order valence-corrected chi connectivity index (χ2v) is 37.1. The average molecular weight is 464 g/mol. The molecule has 0 aromatic carbocycles. The molecule has 0 aliphatic carbocycles. The molecule has 0 unspecified atom stereocenters. The van der Waals surface area contributed by atoms with Gasteiger partial charge < -0.3 is 0 Å². The van der Waals surface area contributed by atoms with Gasteiger partial charge >= 0.3 is 126 Å². The fourth-order valence-electron chi connectivity index (χ4n) is 2.75. The zero-order valence-electron chi connectivity index (χ0n) is 13.7. The van der Waals surface area contributed by atoms with Gasteiger partial charge in [-0.25, -0.2) is 0 Å². The van der Waals surface area contributed by atoms with E-state index < -0.39 is 36.8 Å². The van der Waals surface area contributed by atoms with Crippen LogP contribution in [0, 0.1) is 11.8 Å². The van der Waals surface area contributed by atoms with Gasteiger partial charge in [-0.2, -0.15) is 0 Å².